The molecule has 2 aliphatic carbocycles. The molecule has 0 saturated carbocycles. The van der Waals surface area contributed by atoms with E-state index < -0.39 is 10.8 Å². The molecule has 0 atom stereocenters. The smallest absolute Gasteiger partial charge is 0.207 e. The zero-order valence-electron chi connectivity index (χ0n) is 32.5. The summed E-state index contributed by atoms with van der Waals surface area (Å²) in [6.45, 7) is 15.5. The van der Waals surface area contributed by atoms with Crippen molar-refractivity contribution in [2.75, 3.05) is 0 Å². The summed E-state index contributed by atoms with van der Waals surface area (Å²) in [5.74, 6) is -0.307. The summed E-state index contributed by atoms with van der Waals surface area (Å²) >= 11 is 0. The minimum atomic E-state index is -0.536. The van der Waals surface area contributed by atoms with Crippen molar-refractivity contribution in [3.05, 3.63) is 136 Å². The maximum Gasteiger partial charge on any atom is 0.227 e. The monoisotopic (exact) mass is 704 g/mol. The minimum Gasteiger partial charge on any atom is -0.207 e. The van der Waals surface area contributed by atoms with Crippen LogP contribution in [0.3, 0.4) is 0 Å². The molecule has 2 nitrogen and oxygen atoms in total. The van der Waals surface area contributed by atoms with Crippen molar-refractivity contribution in [3.8, 4) is 22.5 Å². The highest BCUT2D eigenvalue weighted by atomic mass is 19.1. The van der Waals surface area contributed by atoms with Crippen LogP contribution >= 0.6 is 0 Å². The van der Waals surface area contributed by atoms with Gasteiger partial charge in [-0.05, 0) is 82.5 Å². The van der Waals surface area contributed by atoms with Gasteiger partial charge in [0.2, 0.25) is 11.4 Å². The molecule has 0 fully saturated rings. The minimum absolute atomic E-state index is 0.138. The molecule has 0 spiro atoms. The quantitative estimate of drug-likeness (QED) is 0.146. The number of hydrogen-bond donors (Lipinski definition) is 0. The Morgan fingerprint density at radius 2 is 1.34 bits per heavy atom. The highest BCUT2D eigenvalue weighted by Gasteiger charge is 2.48. The molecule has 1 aliphatic heterocycles. The van der Waals surface area contributed by atoms with Gasteiger partial charge < -0.3 is 0 Å². The largest absolute Gasteiger partial charge is 0.227 e. The fourth-order valence-corrected chi connectivity index (χ4v) is 10.6. The van der Waals surface area contributed by atoms with Crippen molar-refractivity contribution < 1.29 is 17.9 Å². The topological polar surface area (TPSA) is 7.76 Å². The predicted octanol–water partition coefficient (Wildman–Crippen LogP) is 11.5. The van der Waals surface area contributed by atoms with Gasteiger partial charge in [0, 0.05) is 39.5 Å². The molecule has 0 saturated heterocycles. The van der Waals surface area contributed by atoms with Gasteiger partial charge in [-0.25, -0.2) is 13.3 Å². The second kappa shape index (κ2) is 11.6. The first-order chi connectivity index (χ1) is 25.4. The van der Waals surface area contributed by atoms with E-state index in [4.69, 9.17) is 0 Å². The molecule has 0 N–H and O–H groups in total. The first-order valence-corrected chi connectivity index (χ1v) is 19.7. The van der Waals surface area contributed by atoms with E-state index in [-0.39, 0.29) is 17.0 Å². The van der Waals surface area contributed by atoms with E-state index in [1.165, 1.54) is 38.2 Å². The van der Waals surface area contributed by atoms with Crippen molar-refractivity contribution in [2.45, 2.75) is 103 Å². The first kappa shape index (κ1) is 34.1. The lowest BCUT2D eigenvalue weighted by Gasteiger charge is -2.37. The summed E-state index contributed by atoms with van der Waals surface area (Å²) in [5.41, 5.74) is 11.5. The average molecular weight is 705 g/mol. The highest BCUT2D eigenvalue weighted by molar-refractivity contribution is 6.03. The summed E-state index contributed by atoms with van der Waals surface area (Å²) in [7, 11) is 2.08. The number of aromatic nitrogens is 2. The molecule has 0 radical (unpaired) electrons. The van der Waals surface area contributed by atoms with Crippen LogP contribution in [0.25, 0.3) is 49.8 Å². The van der Waals surface area contributed by atoms with Crippen LogP contribution in [0.4, 0.5) is 8.78 Å². The van der Waals surface area contributed by atoms with Crippen molar-refractivity contribution in [3.63, 3.8) is 0 Å². The normalized spacial score (nSPS) is 16.8. The third-order valence-corrected chi connectivity index (χ3v) is 13.5. The molecule has 3 heterocycles. The summed E-state index contributed by atoms with van der Waals surface area (Å²) in [6, 6.07) is 23.1. The lowest BCUT2D eigenvalue weighted by Crippen LogP contribution is -2.39. The summed E-state index contributed by atoms with van der Waals surface area (Å²) in [6.07, 6.45) is 12.4. The van der Waals surface area contributed by atoms with Gasteiger partial charge in [0.05, 0.1) is 28.3 Å². The number of benzene rings is 4. The van der Waals surface area contributed by atoms with Gasteiger partial charge in [0.25, 0.3) is 0 Å². The van der Waals surface area contributed by atoms with Crippen molar-refractivity contribution in [1.82, 2.24) is 0 Å². The lowest BCUT2D eigenvalue weighted by molar-refractivity contribution is -0.659. The van der Waals surface area contributed by atoms with Gasteiger partial charge >= 0.3 is 0 Å². The average Bonchev–Trinajstić information content (AvgIpc) is 3.25. The molecule has 0 unspecified atom stereocenters. The van der Waals surface area contributed by atoms with E-state index in [9.17, 15) is 0 Å². The Balaban J connectivity index is 1.37. The van der Waals surface area contributed by atoms with E-state index >= 15 is 8.78 Å². The van der Waals surface area contributed by atoms with E-state index in [2.05, 4.69) is 132 Å². The second-order valence-corrected chi connectivity index (χ2v) is 17.0. The highest BCUT2D eigenvalue weighted by Crippen LogP contribution is 2.55. The standard InChI is InChI=1S/C49H50F2N2/c1-9-12-14-29-25-32-22-24-53-33(28-49(10-2,11-3)35-18-20-38(51)44-42(35)46(53)40(32)36(26-29)48(44,6)7)27-31-17-19-37(50)43-41(31)45-39-30(21-23-52(45)8)15-13-16-34(39)47(43,4)5/h13,15-26,28H,9-12,14,27H2,1-8H3/q+2. The zero-order valence-corrected chi connectivity index (χ0v) is 32.5. The number of fused-ring (bicyclic) bond motifs is 2. The Hall–Kier alpha value is -4.70. The van der Waals surface area contributed by atoms with Crippen molar-refractivity contribution >= 4 is 27.2 Å². The molecule has 0 bridgehead atoms. The molecule has 0 amide bonds. The predicted molar refractivity (Wildman–Crippen MR) is 213 cm³/mol. The number of hydrogen-bond acceptors (Lipinski definition) is 0. The molecule has 9 rings (SSSR count). The Labute approximate surface area is 312 Å². The summed E-state index contributed by atoms with van der Waals surface area (Å²) in [5, 5.41) is 4.80. The molecule has 4 heteroatoms. The van der Waals surface area contributed by atoms with Crippen LogP contribution in [-0.4, -0.2) is 0 Å². The molecule has 2 aromatic heterocycles. The van der Waals surface area contributed by atoms with E-state index in [0.29, 0.717) is 6.42 Å². The van der Waals surface area contributed by atoms with Crippen molar-refractivity contribution in [1.29, 1.82) is 0 Å². The van der Waals surface area contributed by atoms with Gasteiger partial charge in [-0.3, -0.25) is 0 Å². The fraction of sp³-hybridized carbons (Fsp3) is 0.347. The fourth-order valence-electron chi connectivity index (χ4n) is 10.6. The van der Waals surface area contributed by atoms with Crippen LogP contribution < -0.4 is 9.13 Å². The van der Waals surface area contributed by atoms with Gasteiger partial charge in [-0.2, -0.15) is 4.57 Å². The zero-order chi connectivity index (χ0) is 37.2. The maximum absolute atomic E-state index is 16.6. The Bertz CT molecular complexity index is 2580. The van der Waals surface area contributed by atoms with Crippen LogP contribution in [0.1, 0.15) is 113 Å². The van der Waals surface area contributed by atoms with E-state index in [1.54, 1.807) is 12.1 Å². The second-order valence-electron chi connectivity index (χ2n) is 17.0. The lowest BCUT2D eigenvalue weighted by atomic mass is 9.64. The van der Waals surface area contributed by atoms with Gasteiger partial charge in [0.1, 0.15) is 18.7 Å². The molecule has 268 valence electrons. The number of nitrogens with zero attached hydrogens (tertiary/aromatic N) is 2. The van der Waals surface area contributed by atoms with Crippen LogP contribution in [0.15, 0.2) is 85.2 Å². The molecule has 6 aromatic rings. The Kier molecular flexibility index (Phi) is 7.49. The number of unbranched alkanes of at least 4 members (excludes halogenated alkanes) is 1. The molecular formula is C49H50F2N2+2. The van der Waals surface area contributed by atoms with Crippen LogP contribution in [0.2, 0.25) is 0 Å². The molecule has 3 aliphatic rings. The number of pyridine rings is 2. The first-order valence-electron chi connectivity index (χ1n) is 19.7. The Morgan fingerprint density at radius 3 is 2.08 bits per heavy atom. The number of rotatable bonds is 7. The third-order valence-electron chi connectivity index (χ3n) is 13.5. The van der Waals surface area contributed by atoms with E-state index in [0.717, 1.165) is 82.6 Å². The summed E-state index contributed by atoms with van der Waals surface area (Å²) in [4.78, 5) is 0. The Morgan fingerprint density at radius 1 is 0.660 bits per heavy atom. The number of aryl methyl sites for hydroxylation is 2. The van der Waals surface area contributed by atoms with E-state index in [1.807, 2.05) is 6.07 Å². The molecular weight excluding hydrogens is 655 g/mol. The van der Waals surface area contributed by atoms with Gasteiger partial charge in [-0.15, -0.1) is 0 Å². The van der Waals surface area contributed by atoms with Gasteiger partial charge in [-0.1, -0.05) is 97.4 Å². The van der Waals surface area contributed by atoms with Crippen LogP contribution in [-0.2, 0) is 36.1 Å². The summed E-state index contributed by atoms with van der Waals surface area (Å²) < 4.78 is 37.6. The maximum atomic E-state index is 16.6. The third kappa shape index (κ3) is 4.53. The molecule has 53 heavy (non-hydrogen) atoms. The van der Waals surface area contributed by atoms with Crippen LogP contribution in [0.5, 0.6) is 0 Å². The SMILES string of the molecule is CCCCc1cc2c3c4[n+](ccc3c1)C(Cc1ccc(F)c3c1-c1c5c(cccc5cc[n+]1C)C3(C)C)=CC(CC)(CC)c1ccc(F)c(c1-4)C2(C)C. The molecule has 4 aromatic carbocycles. The number of allylic oxidation sites excluding steroid dienone is 2. The van der Waals surface area contributed by atoms with Gasteiger partial charge in [0.15, 0.2) is 18.1 Å². The van der Waals surface area contributed by atoms with Crippen LogP contribution in [0, 0.1) is 11.6 Å². The number of halogens is 2. The van der Waals surface area contributed by atoms with Crippen molar-refractivity contribution in [2.24, 2.45) is 7.05 Å².